The minimum absolute atomic E-state index is 0.206. The zero-order chi connectivity index (χ0) is 9.35. The van der Waals surface area contributed by atoms with Gasteiger partial charge in [-0.1, -0.05) is 0 Å². The average Bonchev–Trinajstić information content (AvgIpc) is 2.06. The molecule has 68 valence electrons. The molecule has 0 atom stereocenters. The molecular weight excluding hydrogens is 218 g/mol. The third kappa shape index (κ3) is 2.64. The summed E-state index contributed by atoms with van der Waals surface area (Å²) < 4.78 is 6.20. The van der Waals surface area contributed by atoms with Crippen molar-refractivity contribution in [2.45, 2.75) is 32.7 Å². The summed E-state index contributed by atoms with van der Waals surface area (Å²) in [4.78, 5) is 0. The Morgan fingerprint density at radius 2 is 2.17 bits per heavy atom. The van der Waals surface area contributed by atoms with Crippen LogP contribution in [0.4, 0.5) is 0 Å². The van der Waals surface area contributed by atoms with Gasteiger partial charge >= 0.3 is 0 Å². The van der Waals surface area contributed by atoms with Gasteiger partial charge in [-0.2, -0.15) is 0 Å². The van der Waals surface area contributed by atoms with Crippen LogP contribution < -0.4 is 5.73 Å². The van der Waals surface area contributed by atoms with Crippen molar-refractivity contribution in [3.63, 3.8) is 0 Å². The lowest BCUT2D eigenvalue weighted by atomic mass is 9.99. The van der Waals surface area contributed by atoms with Gasteiger partial charge in [-0.25, -0.2) is 0 Å². The van der Waals surface area contributed by atoms with E-state index in [-0.39, 0.29) is 5.54 Å². The Kier molecular flexibility index (Phi) is 2.64. The number of hydrogen-bond donors (Lipinski definition) is 1. The molecule has 2 nitrogen and oxygen atoms in total. The quantitative estimate of drug-likeness (QED) is 0.851. The molecule has 12 heavy (non-hydrogen) atoms. The van der Waals surface area contributed by atoms with E-state index < -0.39 is 0 Å². The molecule has 0 aromatic carbocycles. The lowest BCUT2D eigenvalue weighted by Gasteiger charge is -2.16. The fourth-order valence-electron chi connectivity index (χ4n) is 1.07. The van der Waals surface area contributed by atoms with Crippen LogP contribution in [0.1, 0.15) is 25.2 Å². The molecule has 0 amide bonds. The summed E-state index contributed by atoms with van der Waals surface area (Å²) in [5.41, 5.74) is 6.82. The third-order valence-electron chi connectivity index (χ3n) is 1.61. The minimum Gasteiger partial charge on any atom is -0.454 e. The van der Waals surface area contributed by atoms with Crippen molar-refractivity contribution in [2.24, 2.45) is 5.73 Å². The van der Waals surface area contributed by atoms with Crippen LogP contribution >= 0.6 is 15.9 Å². The van der Waals surface area contributed by atoms with Crippen LogP contribution in [0.2, 0.25) is 0 Å². The summed E-state index contributed by atoms with van der Waals surface area (Å²) in [6.45, 7) is 6.00. The van der Waals surface area contributed by atoms with Gasteiger partial charge in [0.15, 0.2) is 4.67 Å². The van der Waals surface area contributed by atoms with E-state index in [1.165, 1.54) is 0 Å². The number of aryl methyl sites for hydroxylation is 1. The second-order valence-electron chi connectivity index (χ2n) is 3.82. The molecule has 0 bridgehead atoms. The molecule has 0 radical (unpaired) electrons. The first-order chi connectivity index (χ1) is 5.38. The van der Waals surface area contributed by atoms with E-state index in [1.807, 2.05) is 26.8 Å². The lowest BCUT2D eigenvalue weighted by Crippen LogP contribution is -2.34. The molecule has 2 N–H and O–H groups in total. The first-order valence-electron chi connectivity index (χ1n) is 3.92. The summed E-state index contributed by atoms with van der Waals surface area (Å²) in [6, 6.07) is 1.96. The van der Waals surface area contributed by atoms with E-state index >= 15 is 0 Å². The van der Waals surface area contributed by atoms with Gasteiger partial charge in [0.05, 0.1) is 0 Å². The fraction of sp³-hybridized carbons (Fsp3) is 0.556. The van der Waals surface area contributed by atoms with Crippen LogP contribution in [0.15, 0.2) is 15.2 Å². The summed E-state index contributed by atoms with van der Waals surface area (Å²) >= 11 is 3.28. The number of nitrogens with two attached hydrogens (primary N) is 1. The molecule has 0 fully saturated rings. The molecule has 0 aliphatic carbocycles. The maximum atomic E-state index is 5.87. The van der Waals surface area contributed by atoms with Gasteiger partial charge in [-0.15, -0.1) is 0 Å². The SMILES string of the molecule is Cc1cc(Br)oc1CC(C)(C)N. The second-order valence-corrected chi connectivity index (χ2v) is 4.60. The standard InChI is InChI=1S/C9H14BrNO/c1-6-4-8(10)12-7(6)5-9(2,3)11/h4H,5,11H2,1-3H3. The molecule has 1 aromatic rings. The van der Waals surface area contributed by atoms with Crippen molar-refractivity contribution < 1.29 is 4.42 Å². The van der Waals surface area contributed by atoms with Gasteiger partial charge in [0.2, 0.25) is 0 Å². The molecule has 1 rings (SSSR count). The molecule has 0 saturated carbocycles. The van der Waals surface area contributed by atoms with Crippen molar-refractivity contribution in [3.8, 4) is 0 Å². The van der Waals surface area contributed by atoms with Gasteiger partial charge in [0, 0.05) is 12.0 Å². The van der Waals surface area contributed by atoms with Crippen LogP contribution in [0.5, 0.6) is 0 Å². The van der Waals surface area contributed by atoms with Crippen LogP contribution in [0.25, 0.3) is 0 Å². The van der Waals surface area contributed by atoms with Crippen molar-refractivity contribution in [2.75, 3.05) is 0 Å². The van der Waals surface area contributed by atoms with Crippen molar-refractivity contribution in [1.82, 2.24) is 0 Å². The predicted octanol–water partition coefficient (Wildman–Crippen LogP) is 2.63. The van der Waals surface area contributed by atoms with Crippen LogP contribution in [0, 0.1) is 6.92 Å². The monoisotopic (exact) mass is 231 g/mol. The maximum absolute atomic E-state index is 5.87. The largest absolute Gasteiger partial charge is 0.454 e. The molecule has 0 spiro atoms. The number of hydrogen-bond acceptors (Lipinski definition) is 2. The van der Waals surface area contributed by atoms with E-state index in [9.17, 15) is 0 Å². The summed E-state index contributed by atoms with van der Waals surface area (Å²) in [5, 5.41) is 0. The Morgan fingerprint density at radius 1 is 1.58 bits per heavy atom. The zero-order valence-electron chi connectivity index (χ0n) is 7.65. The Morgan fingerprint density at radius 3 is 2.50 bits per heavy atom. The Bertz CT molecular complexity index is 273. The normalized spacial score (nSPS) is 12.1. The van der Waals surface area contributed by atoms with Crippen molar-refractivity contribution in [3.05, 3.63) is 22.1 Å². The Balaban J connectivity index is 2.82. The highest BCUT2D eigenvalue weighted by atomic mass is 79.9. The highest BCUT2D eigenvalue weighted by Gasteiger charge is 2.16. The number of halogens is 1. The highest BCUT2D eigenvalue weighted by Crippen LogP contribution is 2.22. The number of furan rings is 1. The number of rotatable bonds is 2. The van der Waals surface area contributed by atoms with Crippen LogP contribution in [-0.2, 0) is 6.42 Å². The first kappa shape index (κ1) is 9.81. The minimum atomic E-state index is -0.206. The molecule has 3 heteroatoms. The van der Waals surface area contributed by atoms with Gasteiger partial charge in [0.1, 0.15) is 5.76 Å². The van der Waals surface area contributed by atoms with Gasteiger partial charge in [0.25, 0.3) is 0 Å². The van der Waals surface area contributed by atoms with Crippen molar-refractivity contribution in [1.29, 1.82) is 0 Å². The molecule has 0 saturated heterocycles. The van der Waals surface area contributed by atoms with Crippen molar-refractivity contribution >= 4 is 15.9 Å². The van der Waals surface area contributed by atoms with E-state index in [2.05, 4.69) is 15.9 Å². The fourth-order valence-corrected chi connectivity index (χ4v) is 1.61. The van der Waals surface area contributed by atoms with E-state index in [0.717, 1.165) is 22.4 Å². The van der Waals surface area contributed by atoms with Crippen LogP contribution in [0.3, 0.4) is 0 Å². The van der Waals surface area contributed by atoms with E-state index in [4.69, 9.17) is 10.2 Å². The second kappa shape index (κ2) is 3.23. The summed E-state index contributed by atoms with van der Waals surface area (Å²) in [7, 11) is 0. The molecular formula is C9H14BrNO. The first-order valence-corrected chi connectivity index (χ1v) is 4.71. The lowest BCUT2D eigenvalue weighted by molar-refractivity contribution is 0.418. The van der Waals surface area contributed by atoms with Gasteiger partial charge in [-0.3, -0.25) is 0 Å². The molecule has 1 aromatic heterocycles. The summed E-state index contributed by atoms with van der Waals surface area (Å²) in [5.74, 6) is 0.967. The molecule has 0 aliphatic rings. The van der Waals surface area contributed by atoms with E-state index in [1.54, 1.807) is 0 Å². The molecule has 1 heterocycles. The topological polar surface area (TPSA) is 39.2 Å². The molecule has 0 unspecified atom stereocenters. The van der Waals surface area contributed by atoms with Gasteiger partial charge < -0.3 is 10.2 Å². The average molecular weight is 232 g/mol. The van der Waals surface area contributed by atoms with Crippen LogP contribution in [-0.4, -0.2) is 5.54 Å². The van der Waals surface area contributed by atoms with Gasteiger partial charge in [-0.05, 0) is 48.3 Å². The zero-order valence-corrected chi connectivity index (χ0v) is 9.23. The van der Waals surface area contributed by atoms with E-state index in [0.29, 0.717) is 0 Å². The Labute approximate surface area is 81.3 Å². The maximum Gasteiger partial charge on any atom is 0.169 e. The third-order valence-corrected chi connectivity index (χ3v) is 2.00. The Hall–Kier alpha value is -0.280. The summed E-state index contributed by atoms with van der Waals surface area (Å²) in [6.07, 6.45) is 0.768. The predicted molar refractivity (Wildman–Crippen MR) is 53.1 cm³/mol. The molecule has 0 aliphatic heterocycles. The highest BCUT2D eigenvalue weighted by molar-refractivity contribution is 9.10. The smallest absolute Gasteiger partial charge is 0.169 e.